The van der Waals surface area contributed by atoms with Gasteiger partial charge in [0.1, 0.15) is 0 Å². The van der Waals surface area contributed by atoms with Crippen molar-refractivity contribution in [3.63, 3.8) is 0 Å². The molecule has 2 aliphatic rings. The summed E-state index contributed by atoms with van der Waals surface area (Å²) in [4.78, 5) is -0.169. The molecule has 1 N–H and O–H groups in total. The minimum atomic E-state index is -4.53. The quantitative estimate of drug-likeness (QED) is 0.666. The molecule has 1 unspecified atom stereocenters. The minimum absolute atomic E-state index is 0.143. The average Bonchev–Trinajstić information content (AvgIpc) is 3.41. The number of sulfonamides is 1. The molecule has 2 heterocycles. The Morgan fingerprint density at radius 1 is 1.03 bits per heavy atom. The lowest BCUT2D eigenvalue weighted by Crippen LogP contribution is -2.38. The normalized spacial score (nSPS) is 19.0. The molecule has 5 rings (SSSR count). The predicted molar refractivity (Wildman–Crippen MR) is 101 cm³/mol. The highest BCUT2D eigenvalue weighted by Gasteiger charge is 2.47. The van der Waals surface area contributed by atoms with Crippen LogP contribution in [0.25, 0.3) is 11.3 Å². The summed E-state index contributed by atoms with van der Waals surface area (Å²) < 4.78 is 67.3. The number of para-hydroxylation sites is 1. The first-order chi connectivity index (χ1) is 13.8. The van der Waals surface area contributed by atoms with Crippen molar-refractivity contribution in [2.75, 3.05) is 4.31 Å². The molecule has 29 heavy (non-hydrogen) atoms. The Morgan fingerprint density at radius 2 is 1.72 bits per heavy atom. The van der Waals surface area contributed by atoms with Gasteiger partial charge >= 0.3 is 6.18 Å². The largest absolute Gasteiger partial charge is 0.416 e. The van der Waals surface area contributed by atoms with Crippen LogP contribution in [0.2, 0.25) is 0 Å². The molecule has 2 aromatic carbocycles. The molecule has 0 amide bonds. The Labute approximate surface area is 165 Å². The van der Waals surface area contributed by atoms with Gasteiger partial charge in [-0.1, -0.05) is 18.2 Å². The molecule has 0 saturated heterocycles. The van der Waals surface area contributed by atoms with Crippen molar-refractivity contribution in [2.45, 2.75) is 30.0 Å². The third-order valence-electron chi connectivity index (χ3n) is 5.46. The molecule has 5 nitrogen and oxygen atoms in total. The number of anilines is 1. The van der Waals surface area contributed by atoms with E-state index in [1.807, 2.05) is 12.1 Å². The fourth-order valence-corrected chi connectivity index (χ4v) is 5.66. The fourth-order valence-electron chi connectivity index (χ4n) is 3.95. The van der Waals surface area contributed by atoms with Crippen molar-refractivity contribution in [3.8, 4) is 11.3 Å². The second-order valence-corrected chi connectivity index (χ2v) is 9.14. The maximum absolute atomic E-state index is 13.6. The molecule has 0 radical (unpaired) electrons. The monoisotopic (exact) mass is 419 g/mol. The van der Waals surface area contributed by atoms with Crippen LogP contribution in [0.15, 0.2) is 59.6 Å². The van der Waals surface area contributed by atoms with Gasteiger partial charge in [-0.3, -0.25) is 9.40 Å². The summed E-state index contributed by atoms with van der Waals surface area (Å²) in [5.41, 5.74) is 1.90. The number of hydrogen-bond acceptors (Lipinski definition) is 3. The fraction of sp³-hybridized carbons (Fsp3) is 0.250. The van der Waals surface area contributed by atoms with Gasteiger partial charge in [0, 0.05) is 11.1 Å². The lowest BCUT2D eigenvalue weighted by molar-refractivity contribution is -0.137. The summed E-state index contributed by atoms with van der Waals surface area (Å²) in [6.07, 6.45) is -1.11. The van der Waals surface area contributed by atoms with Crippen LogP contribution in [0, 0.1) is 5.92 Å². The third kappa shape index (κ3) is 2.83. The van der Waals surface area contributed by atoms with Crippen LogP contribution < -0.4 is 4.31 Å². The molecular weight excluding hydrogens is 403 g/mol. The predicted octanol–water partition coefficient (Wildman–Crippen LogP) is 4.76. The van der Waals surface area contributed by atoms with E-state index in [4.69, 9.17) is 0 Å². The molecule has 0 spiro atoms. The van der Waals surface area contributed by atoms with Gasteiger partial charge in [-0.05, 0) is 49.1 Å². The first-order valence-electron chi connectivity index (χ1n) is 9.13. The SMILES string of the molecule is O=S(=O)(c1ccc(C(F)(F)F)cc1)N1c2ccccc2-c2[nH]ncc2C1C1CC1. The molecule has 0 bridgehead atoms. The Bertz CT molecular complexity index is 1180. The highest BCUT2D eigenvalue weighted by Crippen LogP contribution is 2.54. The zero-order chi connectivity index (χ0) is 20.4. The summed E-state index contributed by atoms with van der Waals surface area (Å²) in [6.45, 7) is 0. The van der Waals surface area contributed by atoms with E-state index >= 15 is 0 Å². The van der Waals surface area contributed by atoms with E-state index in [2.05, 4.69) is 10.2 Å². The standard InChI is InChI=1S/C20H16F3N3O2S/c21-20(22,23)13-7-9-14(10-8-13)29(27,28)26-17-4-2-1-3-15(17)18-16(11-24-25-18)19(26)12-5-6-12/h1-4,7-12,19H,5-6H2,(H,24,25). The second-order valence-electron chi connectivity index (χ2n) is 7.32. The van der Waals surface area contributed by atoms with E-state index in [0.29, 0.717) is 11.3 Å². The zero-order valence-electron chi connectivity index (χ0n) is 15.0. The topological polar surface area (TPSA) is 66.1 Å². The van der Waals surface area contributed by atoms with Gasteiger partial charge in [-0.25, -0.2) is 8.42 Å². The molecule has 1 aromatic heterocycles. The first kappa shape index (κ1) is 18.2. The van der Waals surface area contributed by atoms with E-state index in [1.54, 1.807) is 18.3 Å². The molecule has 1 fully saturated rings. The van der Waals surface area contributed by atoms with Crippen LogP contribution in [-0.2, 0) is 16.2 Å². The van der Waals surface area contributed by atoms with Crippen molar-refractivity contribution in [2.24, 2.45) is 5.92 Å². The van der Waals surface area contributed by atoms with E-state index in [1.165, 1.54) is 4.31 Å². The smallest absolute Gasteiger partial charge is 0.277 e. The second kappa shape index (κ2) is 6.09. The average molecular weight is 419 g/mol. The van der Waals surface area contributed by atoms with Gasteiger partial charge in [-0.2, -0.15) is 18.3 Å². The van der Waals surface area contributed by atoms with Crippen LogP contribution in [-0.4, -0.2) is 18.6 Å². The highest BCUT2D eigenvalue weighted by molar-refractivity contribution is 7.92. The van der Waals surface area contributed by atoms with Crippen LogP contribution in [0.3, 0.4) is 0 Å². The lowest BCUT2D eigenvalue weighted by atomic mass is 9.93. The Kier molecular flexibility index (Phi) is 3.83. The summed E-state index contributed by atoms with van der Waals surface area (Å²) in [7, 11) is -4.09. The number of rotatable bonds is 3. The molecule has 3 aromatic rings. The number of nitrogens with zero attached hydrogens (tertiary/aromatic N) is 2. The number of halogens is 3. The third-order valence-corrected chi connectivity index (χ3v) is 7.27. The van der Waals surface area contributed by atoms with E-state index in [0.717, 1.165) is 48.4 Å². The van der Waals surface area contributed by atoms with E-state index < -0.39 is 27.8 Å². The van der Waals surface area contributed by atoms with Gasteiger partial charge in [0.25, 0.3) is 10.0 Å². The number of alkyl halides is 3. The highest BCUT2D eigenvalue weighted by atomic mass is 32.2. The summed E-state index contributed by atoms with van der Waals surface area (Å²) in [5, 5.41) is 7.09. The number of benzene rings is 2. The van der Waals surface area contributed by atoms with Gasteiger partial charge < -0.3 is 0 Å². The van der Waals surface area contributed by atoms with Gasteiger partial charge in [0.05, 0.1) is 34.1 Å². The number of aromatic nitrogens is 2. The molecule has 1 aliphatic carbocycles. The number of aromatic amines is 1. The molecule has 150 valence electrons. The van der Waals surface area contributed by atoms with Crippen LogP contribution in [0.4, 0.5) is 18.9 Å². The van der Waals surface area contributed by atoms with Gasteiger partial charge in [0.2, 0.25) is 0 Å². The molecule has 9 heteroatoms. The van der Waals surface area contributed by atoms with Gasteiger partial charge in [0.15, 0.2) is 0 Å². The number of H-pyrrole nitrogens is 1. The molecular formula is C20H16F3N3O2S. The number of nitrogens with one attached hydrogen (secondary N) is 1. The Balaban J connectivity index is 1.67. The lowest BCUT2D eigenvalue weighted by Gasteiger charge is -2.37. The Morgan fingerprint density at radius 3 is 2.38 bits per heavy atom. The van der Waals surface area contributed by atoms with Crippen molar-refractivity contribution < 1.29 is 21.6 Å². The molecule has 1 atom stereocenters. The first-order valence-corrected chi connectivity index (χ1v) is 10.6. The maximum Gasteiger partial charge on any atom is 0.416 e. The summed E-state index contributed by atoms with van der Waals surface area (Å²) >= 11 is 0. The van der Waals surface area contributed by atoms with E-state index in [-0.39, 0.29) is 10.8 Å². The minimum Gasteiger partial charge on any atom is -0.277 e. The van der Waals surface area contributed by atoms with E-state index in [9.17, 15) is 21.6 Å². The number of hydrogen-bond donors (Lipinski definition) is 1. The summed E-state index contributed by atoms with van der Waals surface area (Å²) in [5.74, 6) is 0.143. The summed E-state index contributed by atoms with van der Waals surface area (Å²) in [6, 6.07) is 10.3. The van der Waals surface area contributed by atoms with Crippen molar-refractivity contribution in [1.29, 1.82) is 0 Å². The van der Waals surface area contributed by atoms with Crippen LogP contribution in [0.5, 0.6) is 0 Å². The van der Waals surface area contributed by atoms with Crippen molar-refractivity contribution in [3.05, 3.63) is 65.9 Å². The number of fused-ring (bicyclic) bond motifs is 3. The molecule has 1 aliphatic heterocycles. The maximum atomic E-state index is 13.6. The van der Waals surface area contributed by atoms with Crippen LogP contribution >= 0.6 is 0 Å². The van der Waals surface area contributed by atoms with Crippen molar-refractivity contribution >= 4 is 15.7 Å². The van der Waals surface area contributed by atoms with Crippen LogP contribution in [0.1, 0.15) is 30.0 Å². The Hall–Kier alpha value is -2.81. The zero-order valence-corrected chi connectivity index (χ0v) is 15.8. The molecule has 1 saturated carbocycles. The van der Waals surface area contributed by atoms with Gasteiger partial charge in [-0.15, -0.1) is 0 Å². The van der Waals surface area contributed by atoms with Crippen molar-refractivity contribution in [1.82, 2.24) is 10.2 Å².